The molecule has 156 valence electrons. The van der Waals surface area contributed by atoms with Crippen LogP contribution in [0.1, 0.15) is 35.8 Å². The molecular formula is C21H22N4O4S. The van der Waals surface area contributed by atoms with Crippen LogP contribution < -0.4 is 20.8 Å². The number of nitrogens with zero attached hydrogens (tertiary/aromatic N) is 3. The van der Waals surface area contributed by atoms with Crippen molar-refractivity contribution in [3.63, 3.8) is 0 Å². The summed E-state index contributed by atoms with van der Waals surface area (Å²) in [7, 11) is 0. The van der Waals surface area contributed by atoms with Gasteiger partial charge in [0.05, 0.1) is 18.2 Å². The van der Waals surface area contributed by atoms with Gasteiger partial charge in [-0.25, -0.2) is 4.98 Å². The molecule has 30 heavy (non-hydrogen) atoms. The molecular weight excluding hydrogens is 404 g/mol. The molecule has 0 bridgehead atoms. The van der Waals surface area contributed by atoms with Crippen LogP contribution in [0.2, 0.25) is 0 Å². The van der Waals surface area contributed by atoms with Crippen LogP contribution in [0.5, 0.6) is 11.5 Å². The van der Waals surface area contributed by atoms with Crippen molar-refractivity contribution in [2.45, 2.75) is 32.6 Å². The van der Waals surface area contributed by atoms with E-state index in [1.807, 2.05) is 6.92 Å². The Bertz CT molecular complexity index is 1180. The Balaban J connectivity index is 1.64. The van der Waals surface area contributed by atoms with Crippen LogP contribution in [0.3, 0.4) is 0 Å². The lowest BCUT2D eigenvalue weighted by Crippen LogP contribution is -2.20. The molecule has 0 unspecified atom stereocenters. The van der Waals surface area contributed by atoms with E-state index in [9.17, 15) is 9.59 Å². The Morgan fingerprint density at radius 3 is 2.93 bits per heavy atom. The number of benzene rings is 1. The van der Waals surface area contributed by atoms with Crippen molar-refractivity contribution in [3.8, 4) is 11.5 Å². The van der Waals surface area contributed by atoms with E-state index in [0.717, 1.165) is 36.1 Å². The summed E-state index contributed by atoms with van der Waals surface area (Å²) >= 11 is 1.61. The first kappa shape index (κ1) is 20.1. The van der Waals surface area contributed by atoms with Gasteiger partial charge in [-0.15, -0.1) is 11.3 Å². The predicted molar refractivity (Wildman–Crippen MR) is 116 cm³/mol. The largest absolute Gasteiger partial charge is 0.490 e. The van der Waals surface area contributed by atoms with Crippen LogP contribution in [0, 0.1) is 0 Å². The third-order valence-electron chi connectivity index (χ3n) is 4.83. The molecule has 1 aliphatic carbocycles. The van der Waals surface area contributed by atoms with E-state index in [1.54, 1.807) is 35.8 Å². The highest BCUT2D eigenvalue weighted by Crippen LogP contribution is 2.33. The van der Waals surface area contributed by atoms with Crippen LogP contribution in [0.15, 0.2) is 34.4 Å². The molecule has 0 spiro atoms. The highest BCUT2D eigenvalue weighted by atomic mass is 32.1. The highest BCUT2D eigenvalue weighted by molar-refractivity contribution is 7.18. The SMILES string of the molecule is CCOc1cc(/C=N\n2cnc3sc4c(c3c2=O)CCCC4)ccc1OCC(N)=O. The van der Waals surface area contributed by atoms with Gasteiger partial charge in [0, 0.05) is 4.88 Å². The lowest BCUT2D eigenvalue weighted by Gasteiger charge is -2.11. The molecule has 0 radical (unpaired) electrons. The Morgan fingerprint density at radius 2 is 2.13 bits per heavy atom. The van der Waals surface area contributed by atoms with Gasteiger partial charge in [-0.3, -0.25) is 9.59 Å². The molecule has 1 aliphatic rings. The number of amides is 1. The molecule has 3 aromatic rings. The van der Waals surface area contributed by atoms with Crippen molar-refractivity contribution in [2.24, 2.45) is 10.8 Å². The maximum Gasteiger partial charge on any atom is 0.282 e. The molecule has 2 aromatic heterocycles. The third-order valence-corrected chi connectivity index (χ3v) is 6.03. The summed E-state index contributed by atoms with van der Waals surface area (Å²) in [5.41, 5.74) is 6.83. The second-order valence-electron chi connectivity index (χ2n) is 6.92. The molecule has 4 rings (SSSR count). The number of carbonyl (C=O) groups excluding carboxylic acids is 1. The first-order chi connectivity index (χ1) is 14.6. The minimum Gasteiger partial charge on any atom is -0.490 e. The molecule has 0 fully saturated rings. The number of primary amides is 1. The summed E-state index contributed by atoms with van der Waals surface area (Å²) in [5, 5.41) is 5.00. The van der Waals surface area contributed by atoms with Crippen molar-refractivity contribution in [3.05, 3.63) is 50.9 Å². The third kappa shape index (κ3) is 4.06. The number of thiophene rings is 1. The average molecular weight is 426 g/mol. The minimum atomic E-state index is -0.569. The van der Waals surface area contributed by atoms with Gasteiger partial charge in [0.25, 0.3) is 11.5 Å². The lowest BCUT2D eigenvalue weighted by atomic mass is 9.97. The molecule has 9 heteroatoms. The smallest absolute Gasteiger partial charge is 0.282 e. The van der Waals surface area contributed by atoms with E-state index in [-0.39, 0.29) is 12.2 Å². The maximum absolute atomic E-state index is 13.0. The molecule has 0 saturated carbocycles. The normalized spacial score (nSPS) is 13.5. The summed E-state index contributed by atoms with van der Waals surface area (Å²) in [6, 6.07) is 5.16. The summed E-state index contributed by atoms with van der Waals surface area (Å²) in [4.78, 5) is 30.4. The van der Waals surface area contributed by atoms with Crippen LogP contribution in [0.25, 0.3) is 10.2 Å². The highest BCUT2D eigenvalue weighted by Gasteiger charge is 2.19. The Kier molecular flexibility index (Phi) is 5.80. The number of aryl methyl sites for hydroxylation is 2. The van der Waals surface area contributed by atoms with Crippen molar-refractivity contribution in [1.29, 1.82) is 0 Å². The molecule has 1 aromatic carbocycles. The van der Waals surface area contributed by atoms with Crippen LogP contribution >= 0.6 is 11.3 Å². The zero-order valence-corrected chi connectivity index (χ0v) is 17.4. The van der Waals surface area contributed by atoms with Crippen molar-refractivity contribution in [1.82, 2.24) is 9.66 Å². The fraction of sp³-hybridized carbons (Fsp3) is 0.333. The number of aromatic nitrogens is 2. The standard InChI is InChI=1S/C21H22N4O4S/c1-2-28-16-9-13(7-8-15(16)29-11-18(22)26)10-24-25-12-23-20-19(21(25)27)14-5-3-4-6-17(14)30-20/h7-10,12H,2-6,11H2,1H3,(H2,22,26)/b24-10-. The minimum absolute atomic E-state index is 0.151. The Morgan fingerprint density at radius 1 is 1.30 bits per heavy atom. The van der Waals surface area contributed by atoms with Crippen LogP contribution in [-0.2, 0) is 17.6 Å². The maximum atomic E-state index is 13.0. The van der Waals surface area contributed by atoms with Crippen LogP contribution in [-0.4, -0.2) is 35.0 Å². The summed E-state index contributed by atoms with van der Waals surface area (Å²) in [6.45, 7) is 2.04. The van der Waals surface area contributed by atoms with E-state index in [2.05, 4.69) is 10.1 Å². The van der Waals surface area contributed by atoms with E-state index < -0.39 is 5.91 Å². The van der Waals surface area contributed by atoms with Gasteiger partial charge < -0.3 is 15.2 Å². The first-order valence-corrected chi connectivity index (χ1v) is 10.6. The summed E-state index contributed by atoms with van der Waals surface area (Å²) in [6.07, 6.45) is 7.22. The van der Waals surface area contributed by atoms with Gasteiger partial charge in [-0.1, -0.05) is 0 Å². The number of ether oxygens (including phenoxy) is 2. The molecule has 8 nitrogen and oxygen atoms in total. The fourth-order valence-electron chi connectivity index (χ4n) is 3.49. The van der Waals surface area contributed by atoms with Crippen molar-refractivity contribution >= 4 is 33.7 Å². The second kappa shape index (κ2) is 8.66. The van der Waals surface area contributed by atoms with Gasteiger partial charge in [-0.2, -0.15) is 9.78 Å². The molecule has 1 amide bonds. The van der Waals surface area contributed by atoms with Gasteiger partial charge in [0.1, 0.15) is 11.2 Å². The number of nitrogens with two attached hydrogens (primary N) is 1. The molecule has 2 N–H and O–H groups in total. The quantitative estimate of drug-likeness (QED) is 0.584. The van der Waals surface area contributed by atoms with Crippen LogP contribution in [0.4, 0.5) is 0 Å². The summed E-state index contributed by atoms with van der Waals surface area (Å²) in [5.74, 6) is 0.314. The van der Waals surface area contributed by atoms with Gasteiger partial charge >= 0.3 is 0 Å². The number of fused-ring (bicyclic) bond motifs is 3. The monoisotopic (exact) mass is 426 g/mol. The Hall–Kier alpha value is -3.20. The van der Waals surface area contributed by atoms with Crippen molar-refractivity contribution < 1.29 is 14.3 Å². The summed E-state index contributed by atoms with van der Waals surface area (Å²) < 4.78 is 12.2. The number of carbonyl (C=O) groups is 1. The topological polar surface area (TPSA) is 109 Å². The van der Waals surface area contributed by atoms with E-state index >= 15 is 0 Å². The lowest BCUT2D eigenvalue weighted by molar-refractivity contribution is -0.119. The molecule has 0 atom stereocenters. The van der Waals surface area contributed by atoms with E-state index in [1.165, 1.54) is 15.9 Å². The Labute approximate surface area is 176 Å². The number of hydrogen-bond acceptors (Lipinski definition) is 7. The van der Waals surface area contributed by atoms with Crippen molar-refractivity contribution in [2.75, 3.05) is 13.2 Å². The van der Waals surface area contributed by atoms with E-state index in [0.29, 0.717) is 29.1 Å². The average Bonchev–Trinajstić information content (AvgIpc) is 3.12. The second-order valence-corrected chi connectivity index (χ2v) is 8.01. The molecule has 0 aliphatic heterocycles. The van der Waals surface area contributed by atoms with Gasteiger partial charge in [0.2, 0.25) is 0 Å². The molecule has 2 heterocycles. The van der Waals surface area contributed by atoms with E-state index in [4.69, 9.17) is 15.2 Å². The fourth-order valence-corrected chi connectivity index (χ4v) is 4.71. The first-order valence-electron chi connectivity index (χ1n) is 9.81. The zero-order valence-electron chi connectivity index (χ0n) is 16.6. The number of rotatable bonds is 7. The number of hydrogen-bond donors (Lipinski definition) is 1. The molecule has 0 saturated heterocycles. The van der Waals surface area contributed by atoms with Gasteiger partial charge in [0.15, 0.2) is 18.1 Å². The van der Waals surface area contributed by atoms with Gasteiger partial charge in [-0.05, 0) is 61.9 Å². The zero-order chi connectivity index (χ0) is 21.1. The predicted octanol–water partition coefficient (Wildman–Crippen LogP) is 2.48.